The van der Waals surface area contributed by atoms with Crippen LogP contribution in [0.25, 0.3) is 0 Å². The third-order valence-electron chi connectivity index (χ3n) is 3.86. The van der Waals surface area contributed by atoms with E-state index in [0.717, 1.165) is 24.8 Å². The minimum Gasteiger partial charge on any atom is -0.872 e. The van der Waals surface area contributed by atoms with Gasteiger partial charge in [0.1, 0.15) is 0 Å². The molecule has 0 aliphatic rings. The number of hydrogen-bond donors (Lipinski definition) is 1. The van der Waals surface area contributed by atoms with Gasteiger partial charge in [0.25, 0.3) is 0 Å². The maximum atomic E-state index is 11.2. The summed E-state index contributed by atoms with van der Waals surface area (Å²) in [6.07, 6.45) is 12.0. The number of aryl methyl sites for hydroxylation is 1. The van der Waals surface area contributed by atoms with Gasteiger partial charge in [-0.2, -0.15) is 0 Å². The monoisotopic (exact) mass is 314 g/mol. The van der Waals surface area contributed by atoms with Gasteiger partial charge in [-0.25, -0.2) is 4.79 Å². The normalized spacial score (nSPS) is 10.2. The summed E-state index contributed by atoms with van der Waals surface area (Å²) in [5.41, 5.74) is 0.951. The molecule has 1 rings (SSSR count). The van der Waals surface area contributed by atoms with Crippen LogP contribution in [0.3, 0.4) is 0 Å². The van der Waals surface area contributed by atoms with Gasteiger partial charge < -0.3 is 10.2 Å². The van der Waals surface area contributed by atoms with Crippen LogP contribution in [0.5, 0.6) is 5.75 Å². The molecule has 1 N–H and O–H groups in total. The number of rotatable bonds is 11. The molecular weight excluding hydrogens is 287 g/mol. The van der Waals surface area contributed by atoms with Crippen LogP contribution < -0.4 is 34.7 Å². The third-order valence-corrected chi connectivity index (χ3v) is 3.86. The molecule has 1 aromatic rings. The summed E-state index contributed by atoms with van der Waals surface area (Å²) in [7, 11) is 0. The Morgan fingerprint density at radius 2 is 1.55 bits per heavy atom. The van der Waals surface area contributed by atoms with Gasteiger partial charge in [0, 0.05) is 0 Å². The van der Waals surface area contributed by atoms with Gasteiger partial charge in [0.05, 0.1) is 5.56 Å². The van der Waals surface area contributed by atoms with E-state index in [1.54, 1.807) is 6.07 Å². The SMILES string of the molecule is CCCCCCCCCCCc1ccc([O-])cc1C(=O)O.[Na+]. The Bertz CT molecular complexity index is 432. The first-order chi connectivity index (χ1) is 10.1. The summed E-state index contributed by atoms with van der Waals surface area (Å²) in [5, 5.41) is 20.3. The Morgan fingerprint density at radius 1 is 1.00 bits per heavy atom. The molecule has 0 atom stereocenters. The summed E-state index contributed by atoms with van der Waals surface area (Å²) < 4.78 is 0. The summed E-state index contributed by atoms with van der Waals surface area (Å²) in [6, 6.07) is 4.34. The summed E-state index contributed by atoms with van der Waals surface area (Å²) in [6.45, 7) is 2.23. The molecular formula is C18H27NaO3. The van der Waals surface area contributed by atoms with Gasteiger partial charge in [0.2, 0.25) is 0 Å². The first-order valence-electron chi connectivity index (χ1n) is 8.18. The van der Waals surface area contributed by atoms with Gasteiger partial charge in [-0.15, -0.1) is 5.75 Å². The zero-order chi connectivity index (χ0) is 15.5. The molecule has 1 aromatic carbocycles. The van der Waals surface area contributed by atoms with Crippen LogP contribution in [0.15, 0.2) is 18.2 Å². The van der Waals surface area contributed by atoms with Crippen LogP contribution in [0.2, 0.25) is 0 Å². The molecule has 0 fully saturated rings. The van der Waals surface area contributed by atoms with Crippen molar-refractivity contribution in [3.63, 3.8) is 0 Å². The van der Waals surface area contributed by atoms with Gasteiger partial charge in [-0.3, -0.25) is 0 Å². The molecule has 118 valence electrons. The molecule has 0 amide bonds. The van der Waals surface area contributed by atoms with E-state index in [-0.39, 0.29) is 40.9 Å². The van der Waals surface area contributed by atoms with Crippen LogP contribution in [-0.4, -0.2) is 11.1 Å². The molecule has 0 bridgehead atoms. The van der Waals surface area contributed by atoms with E-state index in [0.29, 0.717) is 0 Å². The first-order valence-corrected chi connectivity index (χ1v) is 8.18. The van der Waals surface area contributed by atoms with Gasteiger partial charge in [0.15, 0.2) is 0 Å². The van der Waals surface area contributed by atoms with Gasteiger partial charge in [-0.05, 0) is 18.4 Å². The second-order valence-corrected chi connectivity index (χ2v) is 5.70. The Morgan fingerprint density at radius 3 is 2.09 bits per heavy atom. The molecule has 0 aliphatic heterocycles. The fourth-order valence-corrected chi connectivity index (χ4v) is 2.60. The van der Waals surface area contributed by atoms with Gasteiger partial charge >= 0.3 is 35.5 Å². The number of aromatic carboxylic acids is 1. The fraction of sp³-hybridized carbons (Fsp3) is 0.611. The zero-order valence-corrected chi connectivity index (χ0v) is 16.1. The molecule has 0 spiro atoms. The molecule has 0 saturated heterocycles. The largest absolute Gasteiger partial charge is 1.00 e. The van der Waals surface area contributed by atoms with Crippen molar-refractivity contribution in [2.24, 2.45) is 0 Å². The summed E-state index contributed by atoms with van der Waals surface area (Å²) in [4.78, 5) is 11.1. The smallest absolute Gasteiger partial charge is 0.872 e. The zero-order valence-electron chi connectivity index (χ0n) is 14.1. The Kier molecular flexibility index (Phi) is 12.7. The van der Waals surface area contributed by atoms with E-state index in [1.807, 2.05) is 0 Å². The van der Waals surface area contributed by atoms with E-state index in [9.17, 15) is 9.90 Å². The standard InChI is InChI=1S/C18H28O3.Na/c1-2-3-4-5-6-7-8-9-10-11-15-12-13-16(19)14-17(15)18(20)21;/h12-14,19H,2-11H2,1H3,(H,20,21);/q;+1/p-1. The first kappa shape index (κ1) is 21.5. The van der Waals surface area contributed by atoms with Crippen LogP contribution >= 0.6 is 0 Å². The maximum Gasteiger partial charge on any atom is 1.00 e. The number of carboxylic acid groups (broad SMARTS) is 1. The van der Waals surface area contributed by atoms with E-state index in [1.165, 1.54) is 57.1 Å². The second kappa shape index (κ2) is 13.0. The Labute approximate surface area is 156 Å². The molecule has 0 aliphatic carbocycles. The van der Waals surface area contributed by atoms with E-state index < -0.39 is 5.97 Å². The van der Waals surface area contributed by atoms with Crippen molar-refractivity contribution < 1.29 is 44.6 Å². The predicted molar refractivity (Wildman–Crippen MR) is 83.8 cm³/mol. The average Bonchev–Trinajstić information content (AvgIpc) is 2.46. The minimum absolute atomic E-state index is 0. The van der Waals surface area contributed by atoms with Crippen molar-refractivity contribution >= 4 is 5.97 Å². The van der Waals surface area contributed by atoms with Gasteiger partial charge in [-0.1, -0.05) is 76.5 Å². The average molecular weight is 314 g/mol. The molecule has 0 radical (unpaired) electrons. The third kappa shape index (κ3) is 8.82. The molecule has 22 heavy (non-hydrogen) atoms. The molecule has 3 nitrogen and oxygen atoms in total. The molecule has 0 saturated carbocycles. The minimum atomic E-state index is -1.00. The quantitative estimate of drug-likeness (QED) is 0.498. The molecule has 0 heterocycles. The van der Waals surface area contributed by atoms with Crippen molar-refractivity contribution in [1.82, 2.24) is 0 Å². The summed E-state index contributed by atoms with van der Waals surface area (Å²) >= 11 is 0. The predicted octanol–water partition coefficient (Wildman–Crippen LogP) is 1.54. The van der Waals surface area contributed by atoms with Crippen LogP contribution in [0, 0.1) is 0 Å². The van der Waals surface area contributed by atoms with Crippen LogP contribution in [-0.2, 0) is 6.42 Å². The maximum absolute atomic E-state index is 11.2. The van der Waals surface area contributed by atoms with Crippen molar-refractivity contribution in [2.45, 2.75) is 71.1 Å². The van der Waals surface area contributed by atoms with Crippen molar-refractivity contribution in [3.8, 4) is 5.75 Å². The van der Waals surface area contributed by atoms with Crippen molar-refractivity contribution in [3.05, 3.63) is 29.3 Å². The van der Waals surface area contributed by atoms with Crippen LogP contribution in [0.4, 0.5) is 0 Å². The fourth-order valence-electron chi connectivity index (χ4n) is 2.60. The summed E-state index contributed by atoms with van der Waals surface area (Å²) in [5.74, 6) is -1.23. The number of carboxylic acids is 1. The molecule has 0 unspecified atom stereocenters. The van der Waals surface area contributed by atoms with E-state index >= 15 is 0 Å². The number of carbonyl (C=O) groups is 1. The number of hydrogen-bond acceptors (Lipinski definition) is 2. The van der Waals surface area contributed by atoms with E-state index in [4.69, 9.17) is 5.11 Å². The van der Waals surface area contributed by atoms with Crippen molar-refractivity contribution in [1.29, 1.82) is 0 Å². The second-order valence-electron chi connectivity index (χ2n) is 5.70. The number of unbranched alkanes of at least 4 members (excludes halogenated alkanes) is 8. The Balaban J connectivity index is 0.00000441. The van der Waals surface area contributed by atoms with Crippen molar-refractivity contribution in [2.75, 3.05) is 0 Å². The molecule has 4 heteroatoms. The van der Waals surface area contributed by atoms with Crippen LogP contribution in [0.1, 0.15) is 80.6 Å². The molecule has 0 aromatic heterocycles. The Hall–Kier alpha value is -0.510. The topological polar surface area (TPSA) is 60.4 Å². The number of benzene rings is 1. The van der Waals surface area contributed by atoms with E-state index in [2.05, 4.69) is 6.92 Å².